The molecule has 1 aromatic rings. The summed E-state index contributed by atoms with van der Waals surface area (Å²) in [6.45, 7) is 9.51. The smallest absolute Gasteiger partial charge is 0.481 e. The number of nitrogens with zero attached hydrogens (tertiary/aromatic N) is 3. The molecule has 1 aromatic heterocycles. The maximum absolute atomic E-state index is 10.6. The molecule has 11 nitrogen and oxygen atoms in total. The molecular formula is C23H30F9N3O8. The number of fused-ring (bicyclic) bond motifs is 1. The van der Waals surface area contributed by atoms with Crippen molar-refractivity contribution in [2.75, 3.05) is 46.4 Å². The van der Waals surface area contributed by atoms with Crippen LogP contribution in [0.25, 0.3) is 0 Å². The number of hydrogen-bond acceptors (Lipinski definition) is 8. The average molecular weight is 647 g/mol. The summed E-state index contributed by atoms with van der Waals surface area (Å²) in [6, 6.07) is 4.08. The molecule has 3 rings (SSSR count). The van der Waals surface area contributed by atoms with Crippen LogP contribution in [0.4, 0.5) is 39.5 Å². The number of pyridine rings is 1. The van der Waals surface area contributed by atoms with E-state index in [1.165, 1.54) is 13.0 Å². The van der Waals surface area contributed by atoms with E-state index in [9.17, 15) is 39.5 Å². The van der Waals surface area contributed by atoms with Gasteiger partial charge in [0, 0.05) is 43.9 Å². The summed E-state index contributed by atoms with van der Waals surface area (Å²) in [4.78, 5) is 36.0. The summed E-state index contributed by atoms with van der Waals surface area (Å²) in [7, 11) is 1.69. The lowest BCUT2D eigenvalue weighted by Crippen LogP contribution is -2.46. The number of carbonyl (C=O) groups is 3. The molecule has 0 spiro atoms. The lowest BCUT2D eigenvalue weighted by Gasteiger charge is -2.38. The molecule has 3 N–H and O–H groups in total. The molecule has 0 aliphatic carbocycles. The molecule has 2 saturated heterocycles. The molecule has 0 amide bonds. The average Bonchev–Trinajstić information content (AvgIpc) is 3.10. The zero-order valence-electron chi connectivity index (χ0n) is 22.7. The number of aliphatic carboxylic acids is 3. The summed E-state index contributed by atoms with van der Waals surface area (Å²) >= 11 is 0. The van der Waals surface area contributed by atoms with Crippen LogP contribution in [0.2, 0.25) is 0 Å². The monoisotopic (exact) mass is 647 g/mol. The Bertz CT molecular complexity index is 966. The predicted octanol–water partition coefficient (Wildman–Crippen LogP) is 3.53. The zero-order valence-corrected chi connectivity index (χ0v) is 22.7. The second-order valence-electron chi connectivity index (χ2n) is 8.67. The highest BCUT2D eigenvalue weighted by molar-refractivity contribution is 5.73. The number of piperidine rings is 1. The third-order valence-corrected chi connectivity index (χ3v) is 5.62. The van der Waals surface area contributed by atoms with E-state index >= 15 is 0 Å². The summed E-state index contributed by atoms with van der Waals surface area (Å²) in [5, 5.41) is 21.4. The SMILES string of the molecule is CCN1CCO[C@@H]2CN(Cc3cccnc3OC)CC[C@@H]2C1.O=C(O)C(F)(F)F.O=C(O)C(F)(F)F.O=C(O)C(F)(F)F. The van der Waals surface area contributed by atoms with E-state index in [4.69, 9.17) is 39.2 Å². The number of likely N-dealkylation sites (N-methyl/N-ethyl adjacent to an activating group) is 1. The van der Waals surface area contributed by atoms with Gasteiger partial charge in [0.1, 0.15) is 0 Å². The van der Waals surface area contributed by atoms with Gasteiger partial charge in [-0.3, -0.25) is 4.90 Å². The number of methoxy groups -OCH3 is 1. The second-order valence-corrected chi connectivity index (χ2v) is 8.67. The number of hydrogen-bond donors (Lipinski definition) is 3. The lowest BCUT2D eigenvalue weighted by molar-refractivity contribution is -0.193. The van der Waals surface area contributed by atoms with Crippen molar-refractivity contribution in [1.29, 1.82) is 0 Å². The van der Waals surface area contributed by atoms with Crippen molar-refractivity contribution >= 4 is 17.9 Å². The Hall–Kier alpha value is -3.39. The first-order chi connectivity index (χ1) is 19.6. The normalized spacial score (nSPS) is 19.4. The van der Waals surface area contributed by atoms with Crippen LogP contribution in [0.1, 0.15) is 18.9 Å². The van der Waals surface area contributed by atoms with Crippen LogP contribution in [0, 0.1) is 5.92 Å². The topological polar surface area (TPSA) is 150 Å². The third kappa shape index (κ3) is 16.1. The number of alkyl halides is 9. The molecule has 2 aliphatic rings. The van der Waals surface area contributed by atoms with E-state index in [0.29, 0.717) is 12.0 Å². The largest absolute Gasteiger partial charge is 0.490 e. The van der Waals surface area contributed by atoms with Crippen LogP contribution in [0.5, 0.6) is 5.88 Å². The van der Waals surface area contributed by atoms with E-state index in [2.05, 4.69) is 27.8 Å². The number of carboxylic acid groups (broad SMARTS) is 3. The van der Waals surface area contributed by atoms with E-state index in [1.54, 1.807) is 13.3 Å². The predicted molar refractivity (Wildman–Crippen MR) is 127 cm³/mol. The maximum atomic E-state index is 10.6. The number of aromatic nitrogens is 1. The van der Waals surface area contributed by atoms with E-state index < -0.39 is 36.4 Å². The van der Waals surface area contributed by atoms with Gasteiger partial charge < -0.3 is 29.7 Å². The fraction of sp³-hybridized carbons (Fsp3) is 0.652. The van der Waals surface area contributed by atoms with Gasteiger partial charge in [0.25, 0.3) is 0 Å². The number of rotatable bonds is 4. The Balaban J connectivity index is 0.000000690. The van der Waals surface area contributed by atoms with Gasteiger partial charge >= 0.3 is 36.4 Å². The molecule has 0 saturated carbocycles. The fourth-order valence-electron chi connectivity index (χ4n) is 3.58. The molecule has 2 atom stereocenters. The standard InChI is InChI=1S/C17H27N3O2.3C2HF3O2/c1-3-19-9-10-22-16-13-20(8-6-14(16)11-19)12-15-5-4-7-18-17(15)21-2;3*3-2(4,5)1(6)7/h4-5,7,14,16H,3,6,8-13H2,1-2H3;3*(H,6,7)/t14-,16-;;;/m1.../s1. The van der Waals surface area contributed by atoms with Gasteiger partial charge in [-0.25, -0.2) is 19.4 Å². The molecule has 20 heteroatoms. The Labute approximate surface area is 238 Å². The van der Waals surface area contributed by atoms with Gasteiger partial charge in [-0.05, 0) is 25.6 Å². The van der Waals surface area contributed by atoms with E-state index in [-0.39, 0.29) is 0 Å². The van der Waals surface area contributed by atoms with E-state index in [1.807, 2.05) is 6.07 Å². The molecular weight excluding hydrogens is 617 g/mol. The van der Waals surface area contributed by atoms with Crippen molar-refractivity contribution in [2.45, 2.75) is 44.5 Å². The van der Waals surface area contributed by atoms with Crippen molar-refractivity contribution in [3.05, 3.63) is 23.9 Å². The van der Waals surface area contributed by atoms with Gasteiger partial charge in [0.2, 0.25) is 5.88 Å². The van der Waals surface area contributed by atoms with Crippen LogP contribution in [0.3, 0.4) is 0 Å². The first kappa shape index (κ1) is 39.6. The third-order valence-electron chi connectivity index (χ3n) is 5.62. The minimum absolute atomic E-state index is 0.368. The van der Waals surface area contributed by atoms with Crippen LogP contribution >= 0.6 is 0 Å². The van der Waals surface area contributed by atoms with Crippen molar-refractivity contribution in [3.63, 3.8) is 0 Å². The van der Waals surface area contributed by atoms with Crippen LogP contribution in [-0.4, -0.2) is 119 Å². The summed E-state index contributed by atoms with van der Waals surface area (Å²) in [6.07, 6.45) is -11.9. The van der Waals surface area contributed by atoms with Gasteiger partial charge in [-0.1, -0.05) is 13.0 Å². The van der Waals surface area contributed by atoms with Crippen molar-refractivity contribution in [1.82, 2.24) is 14.8 Å². The molecule has 0 bridgehead atoms. The van der Waals surface area contributed by atoms with Crippen molar-refractivity contribution < 1.29 is 78.7 Å². The van der Waals surface area contributed by atoms with E-state index in [0.717, 1.165) is 50.8 Å². The fourth-order valence-corrected chi connectivity index (χ4v) is 3.58. The summed E-state index contributed by atoms with van der Waals surface area (Å²) in [5.41, 5.74) is 1.16. The molecule has 0 radical (unpaired) electrons. The number of ether oxygens (including phenoxy) is 2. The van der Waals surface area contributed by atoms with Crippen molar-refractivity contribution in [3.8, 4) is 5.88 Å². The van der Waals surface area contributed by atoms with Crippen LogP contribution < -0.4 is 4.74 Å². The Morgan fingerprint density at radius 3 is 1.81 bits per heavy atom. The molecule has 2 fully saturated rings. The first-order valence-corrected chi connectivity index (χ1v) is 12.1. The maximum Gasteiger partial charge on any atom is 0.490 e. The molecule has 43 heavy (non-hydrogen) atoms. The first-order valence-electron chi connectivity index (χ1n) is 12.1. The molecule has 3 heterocycles. The second kappa shape index (κ2) is 17.7. The number of halogens is 9. The Kier molecular flexibility index (Phi) is 16.3. The molecule has 248 valence electrons. The van der Waals surface area contributed by atoms with Crippen LogP contribution in [-0.2, 0) is 25.7 Å². The molecule has 0 aromatic carbocycles. The van der Waals surface area contributed by atoms with Gasteiger partial charge in [-0.15, -0.1) is 0 Å². The lowest BCUT2D eigenvalue weighted by atomic mass is 9.93. The quantitative estimate of drug-likeness (QED) is 0.412. The minimum Gasteiger partial charge on any atom is -0.481 e. The van der Waals surface area contributed by atoms with Crippen LogP contribution in [0.15, 0.2) is 18.3 Å². The Morgan fingerprint density at radius 1 is 0.907 bits per heavy atom. The molecule has 0 unspecified atom stereocenters. The van der Waals surface area contributed by atoms with Gasteiger partial charge in [0.15, 0.2) is 0 Å². The number of likely N-dealkylation sites (tertiary alicyclic amines) is 1. The zero-order chi connectivity index (χ0) is 33.6. The minimum atomic E-state index is -5.08. The highest BCUT2D eigenvalue weighted by Gasteiger charge is 2.39. The molecule has 2 aliphatic heterocycles. The Morgan fingerprint density at radius 2 is 1.40 bits per heavy atom. The van der Waals surface area contributed by atoms with Gasteiger partial charge in [0.05, 0.1) is 19.8 Å². The summed E-state index contributed by atoms with van der Waals surface area (Å²) in [5.74, 6) is -6.86. The van der Waals surface area contributed by atoms with Gasteiger partial charge in [-0.2, -0.15) is 39.5 Å². The van der Waals surface area contributed by atoms with Crippen molar-refractivity contribution in [2.24, 2.45) is 5.92 Å². The highest BCUT2D eigenvalue weighted by atomic mass is 19.4. The highest BCUT2D eigenvalue weighted by Crippen LogP contribution is 2.26. The summed E-state index contributed by atoms with van der Waals surface area (Å²) < 4.78 is 107. The number of carboxylic acids is 3.